The Labute approximate surface area is 194 Å². The lowest BCUT2D eigenvalue weighted by Gasteiger charge is -2.23. The summed E-state index contributed by atoms with van der Waals surface area (Å²) in [6, 6.07) is 6.78. The summed E-state index contributed by atoms with van der Waals surface area (Å²) < 4.78 is 16.3. The first-order valence-corrected chi connectivity index (χ1v) is 10.5. The van der Waals surface area contributed by atoms with Crippen LogP contribution in [-0.2, 0) is 16.0 Å². The van der Waals surface area contributed by atoms with E-state index in [9.17, 15) is 4.79 Å². The number of halogens is 2. The van der Waals surface area contributed by atoms with Crippen molar-refractivity contribution in [2.75, 3.05) is 19.8 Å². The average Bonchev–Trinajstić information content (AvgIpc) is 3.18. The van der Waals surface area contributed by atoms with Crippen molar-refractivity contribution in [3.05, 3.63) is 51.9 Å². The fourth-order valence-corrected chi connectivity index (χ4v) is 3.12. The number of nitrogens with zero attached hydrogens (tertiary/aromatic N) is 2. The van der Waals surface area contributed by atoms with E-state index in [2.05, 4.69) is 10.1 Å². The third-order valence-corrected chi connectivity index (χ3v) is 5.30. The first-order valence-electron chi connectivity index (χ1n) is 9.77. The van der Waals surface area contributed by atoms with E-state index in [0.29, 0.717) is 38.2 Å². The van der Waals surface area contributed by atoms with Crippen LogP contribution in [0.3, 0.4) is 0 Å². The van der Waals surface area contributed by atoms with Crippen LogP contribution in [0.2, 0.25) is 10.0 Å². The number of fused-ring (bicyclic) bond motifs is 1. The Bertz CT molecular complexity index is 1070. The van der Waals surface area contributed by atoms with Gasteiger partial charge in [0.15, 0.2) is 5.58 Å². The summed E-state index contributed by atoms with van der Waals surface area (Å²) in [5, 5.41) is 23.8. The van der Waals surface area contributed by atoms with Crippen LogP contribution < -0.4 is 10.5 Å². The zero-order valence-electron chi connectivity index (χ0n) is 17.3. The third-order valence-electron chi connectivity index (χ3n) is 4.79. The Morgan fingerprint density at radius 3 is 2.69 bits per heavy atom. The minimum Gasteiger partial charge on any atom is -0.483 e. The monoisotopic (exact) mass is 483 g/mol. The van der Waals surface area contributed by atoms with Crippen LogP contribution in [0.1, 0.15) is 30.8 Å². The molecule has 0 amide bonds. The molecule has 9 nitrogen and oxygen atoms in total. The van der Waals surface area contributed by atoms with Crippen molar-refractivity contribution < 1.29 is 29.0 Å². The molecule has 4 N–H and O–H groups in total. The fraction of sp³-hybridized carbons (Fsp3) is 0.381. The summed E-state index contributed by atoms with van der Waals surface area (Å²) in [5.74, 6) is -0.147. The van der Waals surface area contributed by atoms with Crippen LogP contribution in [0, 0.1) is 0 Å². The van der Waals surface area contributed by atoms with E-state index in [1.165, 1.54) is 6.20 Å². The van der Waals surface area contributed by atoms with E-state index in [1.54, 1.807) is 24.3 Å². The Kier molecular flexibility index (Phi) is 7.91. The lowest BCUT2D eigenvalue weighted by Crippen LogP contribution is -2.51. The second kappa shape index (κ2) is 10.5. The molecule has 0 aliphatic carbocycles. The van der Waals surface area contributed by atoms with Gasteiger partial charge in [-0.3, -0.25) is 9.78 Å². The molecule has 0 spiro atoms. The average molecular weight is 484 g/mol. The number of pyridine rings is 1. The molecule has 2 heterocycles. The predicted molar refractivity (Wildman–Crippen MR) is 118 cm³/mol. The molecule has 2 aromatic heterocycles. The highest BCUT2D eigenvalue weighted by Gasteiger charge is 2.25. The van der Waals surface area contributed by atoms with Gasteiger partial charge in [0.1, 0.15) is 18.5 Å². The van der Waals surface area contributed by atoms with Crippen LogP contribution in [-0.4, -0.2) is 51.7 Å². The molecule has 3 rings (SSSR count). The molecule has 0 aliphatic heterocycles. The van der Waals surface area contributed by atoms with Gasteiger partial charge in [0.05, 0.1) is 46.6 Å². The van der Waals surface area contributed by atoms with E-state index in [0.717, 1.165) is 0 Å². The van der Waals surface area contributed by atoms with Crippen molar-refractivity contribution in [3.8, 4) is 5.75 Å². The van der Waals surface area contributed by atoms with Crippen LogP contribution in [0.25, 0.3) is 11.0 Å². The van der Waals surface area contributed by atoms with Gasteiger partial charge >= 0.3 is 5.97 Å². The van der Waals surface area contributed by atoms with Gasteiger partial charge in [0, 0.05) is 24.1 Å². The maximum atomic E-state index is 12.0. The molecular weight excluding hydrogens is 461 g/mol. The Morgan fingerprint density at radius 1 is 1.28 bits per heavy atom. The second-order valence-electron chi connectivity index (χ2n) is 7.41. The Balaban J connectivity index is 1.65. The zero-order chi connectivity index (χ0) is 23.3. The van der Waals surface area contributed by atoms with Crippen LogP contribution in [0.4, 0.5) is 0 Å². The van der Waals surface area contributed by atoms with Gasteiger partial charge < -0.3 is 29.9 Å². The molecule has 0 radical (unpaired) electrons. The number of aliphatic hydroxyl groups is 2. The highest BCUT2D eigenvalue weighted by atomic mass is 35.5. The van der Waals surface area contributed by atoms with Crippen molar-refractivity contribution in [2.45, 2.75) is 31.4 Å². The summed E-state index contributed by atoms with van der Waals surface area (Å²) in [4.78, 5) is 16.2. The van der Waals surface area contributed by atoms with E-state index in [1.807, 2.05) is 6.92 Å². The third kappa shape index (κ3) is 5.87. The van der Waals surface area contributed by atoms with Gasteiger partial charge in [-0.25, -0.2) is 0 Å². The number of ether oxygens (including phenoxy) is 2. The van der Waals surface area contributed by atoms with Crippen molar-refractivity contribution >= 4 is 40.1 Å². The number of rotatable bonds is 10. The molecule has 1 unspecified atom stereocenters. The molecule has 1 aromatic carbocycles. The van der Waals surface area contributed by atoms with Crippen molar-refractivity contribution in [3.63, 3.8) is 0 Å². The standard InChI is InChI=1S/C21H23Cl2N3O6/c1-12(16-3-2-13(22)8-25-16)31-19-7-18-14(6-15(19)23)17(26-32-18)4-5-20(29)30-11-21(24,9-27)10-28/h2-3,6-8,12,27-28H,4-5,9-11,24H2,1H3. The lowest BCUT2D eigenvalue weighted by molar-refractivity contribution is -0.146. The number of hydrogen-bond acceptors (Lipinski definition) is 9. The molecule has 0 saturated heterocycles. The van der Waals surface area contributed by atoms with Crippen LogP contribution >= 0.6 is 23.2 Å². The Hall–Kier alpha value is -2.43. The fourth-order valence-electron chi connectivity index (χ4n) is 2.80. The van der Waals surface area contributed by atoms with Crippen LogP contribution in [0.5, 0.6) is 5.75 Å². The van der Waals surface area contributed by atoms with Crippen molar-refractivity contribution in [2.24, 2.45) is 5.73 Å². The van der Waals surface area contributed by atoms with Gasteiger partial charge in [0.2, 0.25) is 0 Å². The number of aliphatic hydroxyl groups excluding tert-OH is 2. The molecular formula is C21H23Cl2N3O6. The maximum Gasteiger partial charge on any atom is 0.306 e. The number of carbonyl (C=O) groups excluding carboxylic acids is 1. The molecule has 0 fully saturated rings. The van der Waals surface area contributed by atoms with Gasteiger partial charge in [-0.2, -0.15) is 0 Å². The van der Waals surface area contributed by atoms with E-state index in [4.69, 9.17) is 53.1 Å². The van der Waals surface area contributed by atoms with Gasteiger partial charge in [-0.1, -0.05) is 28.4 Å². The molecule has 0 bridgehead atoms. The summed E-state index contributed by atoms with van der Waals surface area (Å²) in [5.41, 5.74) is 5.97. The first-order chi connectivity index (χ1) is 15.2. The number of benzene rings is 1. The van der Waals surface area contributed by atoms with Gasteiger partial charge in [0.25, 0.3) is 0 Å². The largest absolute Gasteiger partial charge is 0.483 e. The number of hydrogen-bond donors (Lipinski definition) is 3. The van der Waals surface area contributed by atoms with Gasteiger partial charge in [-0.05, 0) is 25.1 Å². The summed E-state index contributed by atoms with van der Waals surface area (Å²) in [6.07, 6.45) is 1.40. The maximum absolute atomic E-state index is 12.0. The summed E-state index contributed by atoms with van der Waals surface area (Å²) in [6.45, 7) is 0.504. The van der Waals surface area contributed by atoms with Crippen molar-refractivity contribution in [1.29, 1.82) is 0 Å². The molecule has 172 valence electrons. The first kappa shape index (κ1) is 24.2. The summed E-state index contributed by atoms with van der Waals surface area (Å²) in [7, 11) is 0. The normalized spacial score (nSPS) is 12.7. The topological polar surface area (TPSA) is 141 Å². The highest BCUT2D eigenvalue weighted by Crippen LogP contribution is 2.34. The predicted octanol–water partition coefficient (Wildman–Crippen LogP) is 2.83. The van der Waals surface area contributed by atoms with Crippen molar-refractivity contribution in [1.82, 2.24) is 10.1 Å². The minimum atomic E-state index is -1.38. The number of esters is 1. The molecule has 11 heteroatoms. The summed E-state index contributed by atoms with van der Waals surface area (Å²) >= 11 is 12.3. The number of aromatic nitrogens is 2. The second-order valence-corrected chi connectivity index (χ2v) is 8.25. The minimum absolute atomic E-state index is 0.00368. The van der Waals surface area contributed by atoms with E-state index >= 15 is 0 Å². The Morgan fingerprint density at radius 2 is 2.03 bits per heavy atom. The molecule has 32 heavy (non-hydrogen) atoms. The number of aryl methyl sites for hydroxylation is 1. The lowest BCUT2D eigenvalue weighted by atomic mass is 10.1. The molecule has 3 aromatic rings. The van der Waals surface area contributed by atoms with Gasteiger partial charge in [-0.15, -0.1) is 0 Å². The van der Waals surface area contributed by atoms with Crippen LogP contribution in [0.15, 0.2) is 35.0 Å². The molecule has 0 saturated carbocycles. The smallest absolute Gasteiger partial charge is 0.306 e. The molecule has 0 aliphatic rings. The quantitative estimate of drug-likeness (QED) is 0.371. The molecule has 1 atom stereocenters. The highest BCUT2D eigenvalue weighted by molar-refractivity contribution is 6.32. The van der Waals surface area contributed by atoms with E-state index < -0.39 is 24.7 Å². The number of carbonyl (C=O) groups is 1. The van der Waals surface area contributed by atoms with E-state index in [-0.39, 0.29) is 25.6 Å². The zero-order valence-corrected chi connectivity index (χ0v) is 18.8. The SMILES string of the molecule is CC(Oc1cc2onc(CCC(=O)OCC(N)(CO)CO)c2cc1Cl)c1ccc(Cl)cn1. The number of nitrogens with two attached hydrogens (primary N) is 1.